The van der Waals surface area contributed by atoms with Crippen LogP contribution in [0.15, 0.2) is 12.2 Å². The van der Waals surface area contributed by atoms with Crippen molar-refractivity contribution < 1.29 is 14.3 Å². The third-order valence-electron chi connectivity index (χ3n) is 0.655. The predicted octanol–water partition coefficient (Wildman–Crippen LogP) is 0.305. The molecular weight excluding hydrogens is 120 g/mol. The van der Waals surface area contributed by atoms with Gasteiger partial charge in [-0.25, -0.2) is 4.79 Å². The molecule has 0 saturated carbocycles. The largest absolute Gasteiger partial charge is 0.466 e. The van der Waals surface area contributed by atoms with Crippen molar-refractivity contribution in [2.24, 2.45) is 0 Å². The molecule has 3 nitrogen and oxygen atoms in total. The van der Waals surface area contributed by atoms with Gasteiger partial charge in [-0.1, -0.05) is 0 Å². The van der Waals surface area contributed by atoms with Crippen LogP contribution in [0.25, 0.3) is 0 Å². The molecule has 0 aliphatic carbocycles. The van der Waals surface area contributed by atoms with Crippen LogP contribution in [0.3, 0.4) is 0 Å². The molecule has 0 saturated heterocycles. The second-order valence-electron chi connectivity index (χ2n) is 1.47. The van der Waals surface area contributed by atoms with Gasteiger partial charge in [0.15, 0.2) is 5.78 Å². The normalized spacial score (nSPS) is 9.56. The number of esters is 1. The lowest BCUT2D eigenvalue weighted by Crippen LogP contribution is -1.95. The van der Waals surface area contributed by atoms with E-state index in [1.54, 1.807) is 0 Å². The van der Waals surface area contributed by atoms with Gasteiger partial charge in [0.1, 0.15) is 0 Å². The Morgan fingerprint density at radius 2 is 1.89 bits per heavy atom. The summed E-state index contributed by atoms with van der Waals surface area (Å²) in [6.07, 6.45) is 2.24. The lowest BCUT2D eigenvalue weighted by atomic mass is 10.4. The molecule has 0 heterocycles. The molecule has 0 aliphatic heterocycles. The van der Waals surface area contributed by atoms with Gasteiger partial charge < -0.3 is 4.74 Å². The van der Waals surface area contributed by atoms with Crippen LogP contribution in [0.4, 0.5) is 0 Å². The number of ketones is 1. The zero-order chi connectivity index (χ0) is 7.28. The van der Waals surface area contributed by atoms with Crippen LogP contribution in [0.1, 0.15) is 6.92 Å². The van der Waals surface area contributed by atoms with Crippen LogP contribution in [0.2, 0.25) is 0 Å². The molecule has 0 amide bonds. The lowest BCUT2D eigenvalue weighted by molar-refractivity contribution is -0.135. The van der Waals surface area contributed by atoms with Gasteiger partial charge >= 0.3 is 5.97 Å². The number of rotatable bonds is 2. The Morgan fingerprint density at radius 3 is 2.22 bits per heavy atom. The van der Waals surface area contributed by atoms with Crippen molar-refractivity contribution in [2.75, 3.05) is 7.11 Å². The highest BCUT2D eigenvalue weighted by Gasteiger charge is 1.89. The molecule has 0 rings (SSSR count). The molecule has 0 N–H and O–H groups in total. The van der Waals surface area contributed by atoms with Crippen LogP contribution in [0.5, 0.6) is 0 Å². The first kappa shape index (κ1) is 7.88. The third-order valence-corrected chi connectivity index (χ3v) is 0.655. The van der Waals surface area contributed by atoms with Crippen molar-refractivity contribution in [3.8, 4) is 0 Å². The zero-order valence-corrected chi connectivity index (χ0v) is 5.38. The highest BCUT2D eigenvalue weighted by Crippen LogP contribution is 1.78. The average molecular weight is 128 g/mol. The van der Waals surface area contributed by atoms with Crippen molar-refractivity contribution in [2.45, 2.75) is 6.92 Å². The molecule has 0 bridgehead atoms. The van der Waals surface area contributed by atoms with Crippen LogP contribution in [-0.2, 0) is 14.3 Å². The molecule has 0 radical (unpaired) electrons. The lowest BCUT2D eigenvalue weighted by Gasteiger charge is -1.85. The zero-order valence-electron chi connectivity index (χ0n) is 5.38. The molecule has 0 aromatic heterocycles. The Labute approximate surface area is 53.3 Å². The number of allylic oxidation sites excluding steroid dienone is 1. The van der Waals surface area contributed by atoms with Crippen LogP contribution >= 0.6 is 0 Å². The summed E-state index contributed by atoms with van der Waals surface area (Å²) in [5.41, 5.74) is 0. The summed E-state index contributed by atoms with van der Waals surface area (Å²) in [4.78, 5) is 20.4. The minimum atomic E-state index is -0.509. The first-order chi connectivity index (χ1) is 4.16. The fraction of sp³-hybridized carbons (Fsp3) is 0.333. The van der Waals surface area contributed by atoms with Gasteiger partial charge in [-0.05, 0) is 13.0 Å². The Hall–Kier alpha value is -1.12. The van der Waals surface area contributed by atoms with E-state index in [1.165, 1.54) is 14.0 Å². The van der Waals surface area contributed by atoms with Gasteiger partial charge in [0.25, 0.3) is 0 Å². The predicted molar refractivity (Wildman–Crippen MR) is 31.8 cm³/mol. The monoisotopic (exact) mass is 128 g/mol. The van der Waals surface area contributed by atoms with Crippen molar-refractivity contribution >= 4 is 11.8 Å². The fourth-order valence-corrected chi connectivity index (χ4v) is 0.253. The second kappa shape index (κ2) is 3.83. The highest BCUT2D eigenvalue weighted by atomic mass is 16.5. The topological polar surface area (TPSA) is 43.4 Å². The van der Waals surface area contributed by atoms with E-state index in [1.807, 2.05) is 0 Å². The number of ether oxygens (including phenoxy) is 1. The molecular formula is C6H8O3. The summed E-state index contributed by atoms with van der Waals surface area (Å²) in [6, 6.07) is 0. The van der Waals surface area contributed by atoms with E-state index in [0.717, 1.165) is 12.2 Å². The molecule has 9 heavy (non-hydrogen) atoms. The van der Waals surface area contributed by atoms with Gasteiger partial charge in [0.2, 0.25) is 0 Å². The molecule has 0 unspecified atom stereocenters. The Morgan fingerprint density at radius 1 is 1.33 bits per heavy atom. The molecule has 0 aromatic carbocycles. The van der Waals surface area contributed by atoms with Crippen LogP contribution < -0.4 is 0 Å². The van der Waals surface area contributed by atoms with E-state index in [2.05, 4.69) is 4.74 Å². The quantitative estimate of drug-likeness (QED) is 0.397. The number of hydrogen-bond acceptors (Lipinski definition) is 3. The van der Waals surface area contributed by atoms with Crippen molar-refractivity contribution in [1.29, 1.82) is 0 Å². The van der Waals surface area contributed by atoms with Gasteiger partial charge in [0, 0.05) is 6.08 Å². The van der Waals surface area contributed by atoms with Gasteiger partial charge in [0.05, 0.1) is 7.11 Å². The van der Waals surface area contributed by atoms with E-state index in [9.17, 15) is 9.59 Å². The van der Waals surface area contributed by atoms with Gasteiger partial charge in [-0.3, -0.25) is 4.79 Å². The highest BCUT2D eigenvalue weighted by molar-refractivity contribution is 5.94. The first-order valence-electron chi connectivity index (χ1n) is 2.43. The molecule has 0 atom stereocenters. The van der Waals surface area contributed by atoms with Crippen LogP contribution in [-0.4, -0.2) is 18.9 Å². The molecule has 3 heteroatoms. The van der Waals surface area contributed by atoms with Crippen molar-refractivity contribution in [3.05, 3.63) is 12.2 Å². The van der Waals surface area contributed by atoms with Gasteiger partial charge in [-0.2, -0.15) is 0 Å². The smallest absolute Gasteiger partial charge is 0.330 e. The summed E-state index contributed by atoms with van der Waals surface area (Å²) >= 11 is 0. The van der Waals surface area contributed by atoms with Crippen molar-refractivity contribution in [3.63, 3.8) is 0 Å². The molecule has 0 aliphatic rings. The minimum Gasteiger partial charge on any atom is -0.466 e. The number of carbonyl (C=O) groups is 2. The van der Waals surface area contributed by atoms with E-state index in [-0.39, 0.29) is 5.78 Å². The number of hydrogen-bond donors (Lipinski definition) is 0. The standard InChI is InChI=1S/C6H8O3/c1-5(7)3-4-6(8)9-2/h3-4H,1-2H3. The third kappa shape index (κ3) is 4.74. The molecule has 50 valence electrons. The van der Waals surface area contributed by atoms with E-state index >= 15 is 0 Å². The maximum absolute atomic E-state index is 10.3. The average Bonchev–Trinajstić information content (AvgIpc) is 1.83. The van der Waals surface area contributed by atoms with Gasteiger partial charge in [-0.15, -0.1) is 0 Å². The SMILES string of the molecule is COC(=O)C=CC(C)=O. The van der Waals surface area contributed by atoms with E-state index in [0.29, 0.717) is 0 Å². The number of methoxy groups -OCH3 is 1. The number of carbonyl (C=O) groups excluding carboxylic acids is 2. The van der Waals surface area contributed by atoms with Crippen molar-refractivity contribution in [1.82, 2.24) is 0 Å². The summed E-state index contributed by atoms with van der Waals surface area (Å²) in [5, 5.41) is 0. The summed E-state index contributed by atoms with van der Waals surface area (Å²) in [7, 11) is 1.26. The van der Waals surface area contributed by atoms with E-state index < -0.39 is 5.97 Å². The Bertz CT molecular complexity index is 146. The minimum absolute atomic E-state index is 0.166. The first-order valence-corrected chi connectivity index (χ1v) is 2.43. The maximum Gasteiger partial charge on any atom is 0.330 e. The maximum atomic E-state index is 10.3. The molecule has 0 fully saturated rings. The Balaban J connectivity index is 3.71. The summed E-state index contributed by atoms with van der Waals surface area (Å²) in [6.45, 7) is 1.36. The van der Waals surface area contributed by atoms with Crippen LogP contribution in [0, 0.1) is 0 Å². The summed E-state index contributed by atoms with van der Waals surface area (Å²) < 4.78 is 4.22. The molecule has 0 spiro atoms. The Kier molecular flexibility index (Phi) is 3.35. The van der Waals surface area contributed by atoms with E-state index in [4.69, 9.17) is 0 Å². The fourth-order valence-electron chi connectivity index (χ4n) is 0.253. The summed E-state index contributed by atoms with van der Waals surface area (Å²) in [5.74, 6) is -0.675. The second-order valence-corrected chi connectivity index (χ2v) is 1.47. The molecule has 0 aromatic rings.